The van der Waals surface area contributed by atoms with Gasteiger partial charge < -0.3 is 5.73 Å². The predicted molar refractivity (Wildman–Crippen MR) is 44.1 cm³/mol. The van der Waals surface area contributed by atoms with Gasteiger partial charge in [0.05, 0.1) is 0 Å². The highest BCUT2D eigenvalue weighted by Gasteiger charge is 2.39. The van der Waals surface area contributed by atoms with Crippen molar-refractivity contribution in [3.05, 3.63) is 34.9 Å². The molecule has 0 amide bonds. The molecule has 0 spiro atoms. The molecule has 1 unspecified atom stereocenters. The Morgan fingerprint density at radius 1 is 1.13 bits per heavy atom. The first-order valence-corrected chi connectivity index (χ1v) is 4.01. The lowest BCUT2D eigenvalue weighted by molar-refractivity contribution is -0.149. The molecule has 0 saturated carbocycles. The van der Waals surface area contributed by atoms with E-state index in [9.17, 15) is 22.0 Å². The fourth-order valence-corrected chi connectivity index (χ4v) is 1.09. The van der Waals surface area contributed by atoms with Crippen molar-refractivity contribution in [2.75, 3.05) is 0 Å². The summed E-state index contributed by atoms with van der Waals surface area (Å²) < 4.78 is 62.2. The standard InChI is InChI=1S/C9H8F5N/c1-4-2-5(7(11)3-6(4)10)8(15)9(12,13)14/h2-3,8H,15H2,1H3. The van der Waals surface area contributed by atoms with E-state index in [2.05, 4.69) is 0 Å². The van der Waals surface area contributed by atoms with Crippen LogP contribution in [0.5, 0.6) is 0 Å². The molecule has 0 saturated heterocycles. The highest BCUT2D eigenvalue weighted by atomic mass is 19.4. The zero-order chi connectivity index (χ0) is 11.8. The van der Waals surface area contributed by atoms with Crippen molar-refractivity contribution in [1.82, 2.24) is 0 Å². The summed E-state index contributed by atoms with van der Waals surface area (Å²) >= 11 is 0. The molecular weight excluding hydrogens is 217 g/mol. The van der Waals surface area contributed by atoms with Crippen LogP contribution in [0, 0.1) is 18.6 Å². The molecule has 0 aliphatic rings. The first kappa shape index (κ1) is 11.9. The fraction of sp³-hybridized carbons (Fsp3) is 0.333. The van der Waals surface area contributed by atoms with Crippen molar-refractivity contribution in [2.45, 2.75) is 19.1 Å². The maximum atomic E-state index is 13.0. The molecule has 1 nitrogen and oxygen atoms in total. The maximum absolute atomic E-state index is 13.0. The highest BCUT2D eigenvalue weighted by molar-refractivity contribution is 5.28. The van der Waals surface area contributed by atoms with Gasteiger partial charge in [-0.2, -0.15) is 13.2 Å². The van der Waals surface area contributed by atoms with E-state index in [1.54, 1.807) is 0 Å². The molecule has 15 heavy (non-hydrogen) atoms. The van der Waals surface area contributed by atoms with Crippen LogP contribution in [0.4, 0.5) is 22.0 Å². The number of benzene rings is 1. The Hall–Kier alpha value is -1.17. The molecule has 6 heteroatoms. The molecule has 84 valence electrons. The van der Waals surface area contributed by atoms with Crippen molar-refractivity contribution >= 4 is 0 Å². The molecule has 2 N–H and O–H groups in total. The Morgan fingerprint density at radius 2 is 1.67 bits per heavy atom. The summed E-state index contributed by atoms with van der Waals surface area (Å²) in [5.74, 6) is -2.19. The number of rotatable bonds is 1. The molecule has 1 rings (SSSR count). The number of halogens is 5. The third-order valence-corrected chi connectivity index (χ3v) is 1.97. The monoisotopic (exact) mass is 225 g/mol. The molecule has 1 aromatic rings. The first-order chi connectivity index (χ1) is 6.73. The third-order valence-electron chi connectivity index (χ3n) is 1.97. The van der Waals surface area contributed by atoms with Gasteiger partial charge in [-0.3, -0.25) is 0 Å². The van der Waals surface area contributed by atoms with Crippen molar-refractivity contribution < 1.29 is 22.0 Å². The summed E-state index contributed by atoms with van der Waals surface area (Å²) in [5, 5.41) is 0. The molecule has 1 aromatic carbocycles. The van der Waals surface area contributed by atoms with Gasteiger partial charge in [0.25, 0.3) is 0 Å². The largest absolute Gasteiger partial charge is 0.407 e. The van der Waals surface area contributed by atoms with Crippen molar-refractivity contribution in [3.63, 3.8) is 0 Å². The van der Waals surface area contributed by atoms with Crippen LogP contribution >= 0.6 is 0 Å². The average Bonchev–Trinajstić information content (AvgIpc) is 2.08. The normalized spacial score (nSPS) is 14.1. The van der Waals surface area contributed by atoms with Gasteiger partial charge in [0.15, 0.2) is 0 Å². The minimum Gasteiger partial charge on any atom is -0.316 e. The van der Waals surface area contributed by atoms with E-state index in [1.165, 1.54) is 6.92 Å². The summed E-state index contributed by atoms with van der Waals surface area (Å²) in [4.78, 5) is 0. The van der Waals surface area contributed by atoms with Gasteiger partial charge in [0.2, 0.25) is 0 Å². The molecule has 0 heterocycles. The Bertz CT molecular complexity index is 372. The summed E-state index contributed by atoms with van der Waals surface area (Å²) in [5.41, 5.74) is 3.98. The molecule has 1 atom stereocenters. The van der Waals surface area contributed by atoms with Crippen LogP contribution in [0.25, 0.3) is 0 Å². The van der Waals surface area contributed by atoms with Gasteiger partial charge >= 0.3 is 6.18 Å². The summed E-state index contributed by atoms with van der Waals surface area (Å²) in [7, 11) is 0. The average molecular weight is 225 g/mol. The Morgan fingerprint density at radius 3 is 2.13 bits per heavy atom. The van der Waals surface area contributed by atoms with Gasteiger partial charge in [-0.15, -0.1) is 0 Å². The number of aryl methyl sites for hydroxylation is 1. The zero-order valence-electron chi connectivity index (χ0n) is 7.70. The fourth-order valence-electron chi connectivity index (χ4n) is 1.09. The topological polar surface area (TPSA) is 26.0 Å². The number of alkyl halides is 3. The Kier molecular flexibility index (Phi) is 2.99. The van der Waals surface area contributed by atoms with Crippen molar-refractivity contribution in [1.29, 1.82) is 0 Å². The van der Waals surface area contributed by atoms with E-state index >= 15 is 0 Å². The molecule has 0 aromatic heterocycles. The van der Waals surface area contributed by atoms with Gasteiger partial charge in [0.1, 0.15) is 17.7 Å². The smallest absolute Gasteiger partial charge is 0.316 e. The van der Waals surface area contributed by atoms with Crippen molar-refractivity contribution in [2.24, 2.45) is 5.73 Å². The SMILES string of the molecule is Cc1cc(C(N)C(F)(F)F)c(F)cc1F. The molecule has 0 aliphatic heterocycles. The molecular formula is C9H8F5N. The predicted octanol–water partition coefficient (Wildman–Crippen LogP) is 2.84. The maximum Gasteiger partial charge on any atom is 0.407 e. The van der Waals surface area contributed by atoms with E-state index in [0.717, 1.165) is 6.07 Å². The summed E-state index contributed by atoms with van der Waals surface area (Å²) in [6.07, 6.45) is -4.74. The minimum absolute atomic E-state index is 0.0777. The van der Waals surface area contributed by atoms with E-state index in [-0.39, 0.29) is 5.56 Å². The molecule has 0 aliphatic carbocycles. The van der Waals surface area contributed by atoms with Crippen molar-refractivity contribution in [3.8, 4) is 0 Å². The van der Waals surface area contributed by atoms with E-state index in [0.29, 0.717) is 6.07 Å². The van der Waals surface area contributed by atoms with Crippen LogP contribution in [0.15, 0.2) is 12.1 Å². The quantitative estimate of drug-likeness (QED) is 0.730. The van der Waals surface area contributed by atoms with Crippen LogP contribution < -0.4 is 5.73 Å². The van der Waals surface area contributed by atoms with Crippen LogP contribution in [0.2, 0.25) is 0 Å². The van der Waals surface area contributed by atoms with Gasteiger partial charge in [-0.05, 0) is 18.6 Å². The lowest BCUT2D eigenvalue weighted by Gasteiger charge is -2.17. The lowest BCUT2D eigenvalue weighted by atomic mass is 10.0. The summed E-state index contributed by atoms with van der Waals surface area (Å²) in [6, 6.07) is -1.27. The highest BCUT2D eigenvalue weighted by Crippen LogP contribution is 2.32. The van der Waals surface area contributed by atoms with Gasteiger partial charge in [0, 0.05) is 11.6 Å². The van der Waals surface area contributed by atoms with Crippen LogP contribution in [0.1, 0.15) is 17.2 Å². The first-order valence-electron chi connectivity index (χ1n) is 4.01. The van der Waals surface area contributed by atoms with Crippen LogP contribution in [0.3, 0.4) is 0 Å². The van der Waals surface area contributed by atoms with Gasteiger partial charge in [-0.1, -0.05) is 0 Å². The third kappa shape index (κ3) is 2.44. The Labute approximate surface area is 82.7 Å². The van der Waals surface area contributed by atoms with Crippen LogP contribution in [-0.2, 0) is 0 Å². The van der Waals surface area contributed by atoms with E-state index < -0.39 is 29.4 Å². The zero-order valence-corrected chi connectivity index (χ0v) is 7.70. The van der Waals surface area contributed by atoms with E-state index in [1.807, 2.05) is 0 Å². The second-order valence-corrected chi connectivity index (χ2v) is 3.14. The lowest BCUT2D eigenvalue weighted by Crippen LogP contribution is -2.29. The molecule has 0 radical (unpaired) electrons. The second-order valence-electron chi connectivity index (χ2n) is 3.14. The minimum atomic E-state index is -4.74. The van der Waals surface area contributed by atoms with Gasteiger partial charge in [-0.25, -0.2) is 8.78 Å². The Balaban J connectivity index is 3.21. The molecule has 0 bridgehead atoms. The number of nitrogens with two attached hydrogens (primary N) is 1. The number of hydrogen-bond donors (Lipinski definition) is 1. The second kappa shape index (κ2) is 3.77. The number of hydrogen-bond acceptors (Lipinski definition) is 1. The summed E-state index contributed by atoms with van der Waals surface area (Å²) in [6.45, 7) is 1.24. The molecule has 0 fully saturated rings. The van der Waals surface area contributed by atoms with E-state index in [4.69, 9.17) is 5.73 Å². The van der Waals surface area contributed by atoms with Crippen LogP contribution in [-0.4, -0.2) is 6.18 Å².